The van der Waals surface area contributed by atoms with Gasteiger partial charge in [0, 0.05) is 34.3 Å². The summed E-state index contributed by atoms with van der Waals surface area (Å²) in [6.45, 7) is 6.69. The van der Waals surface area contributed by atoms with Gasteiger partial charge in [-0.25, -0.2) is 4.98 Å². The van der Waals surface area contributed by atoms with Gasteiger partial charge in [-0.15, -0.1) is 42.0 Å². The van der Waals surface area contributed by atoms with E-state index in [1.807, 2.05) is 48.8 Å². The summed E-state index contributed by atoms with van der Waals surface area (Å²) in [6.07, 6.45) is 3.72. The summed E-state index contributed by atoms with van der Waals surface area (Å²) >= 11 is 0. The monoisotopic (exact) mass is 827 g/mol. The molecule has 0 aliphatic rings. The van der Waals surface area contributed by atoms with Gasteiger partial charge in [-0.3, -0.25) is 0 Å². The number of hydrogen-bond acceptors (Lipinski definition) is 3. The Morgan fingerprint density at radius 3 is 2.02 bits per heavy atom. The predicted molar refractivity (Wildman–Crippen MR) is 200 cm³/mol. The molecule has 0 spiro atoms. The molecule has 0 bridgehead atoms. The molecule has 244 valence electrons. The summed E-state index contributed by atoms with van der Waals surface area (Å²) in [5.41, 5.74) is 9.03. The first kappa shape index (κ1) is 31.7. The smallest absolute Gasteiger partial charge is 0.514 e. The number of aromatic nitrogens is 4. The first-order chi connectivity index (χ1) is 23.9. The van der Waals surface area contributed by atoms with Crippen LogP contribution in [-0.4, -0.2) is 19.1 Å². The molecule has 9 rings (SSSR count). The van der Waals surface area contributed by atoms with Gasteiger partial charge >= 0.3 is 21.1 Å². The Morgan fingerprint density at radius 2 is 1.26 bits per heavy atom. The molecule has 0 saturated heterocycles. The number of fused-ring (bicyclic) bond motifs is 7. The van der Waals surface area contributed by atoms with Crippen LogP contribution < -0.4 is 0 Å². The molecule has 9 aromatic rings. The molecule has 0 atom stereocenters. The van der Waals surface area contributed by atoms with E-state index >= 15 is 0 Å². The van der Waals surface area contributed by atoms with Crippen molar-refractivity contribution >= 4 is 54.8 Å². The van der Waals surface area contributed by atoms with Crippen LogP contribution in [-0.2, 0) is 26.5 Å². The Labute approximate surface area is 304 Å². The molecule has 5 aromatic carbocycles. The van der Waals surface area contributed by atoms with Crippen LogP contribution in [0.5, 0.6) is 0 Å². The largest absolute Gasteiger partial charge is 2.00 e. The van der Waals surface area contributed by atoms with Crippen LogP contribution in [0, 0.1) is 12.1 Å². The molecule has 4 heterocycles. The standard InChI is InChI=1S/C44H32N4O.Pt/c1-44(2,3)30-22-24-46-43(26-30)48-38-20-8-5-16-33(38)35-27-42-40(28-39(35)48)47(31-14-12-13-29(25-31)36-18-10-11-23-45-36)37-19-7-4-15-32(37)34-17-6-9-21-41(34)49-42;/h4-24,26-27H,1-3H3;/q-2;+2. The summed E-state index contributed by atoms with van der Waals surface area (Å²) in [5.74, 6) is 0.850. The second-order valence-electron chi connectivity index (χ2n) is 13.4. The van der Waals surface area contributed by atoms with Crippen molar-refractivity contribution in [3.63, 3.8) is 0 Å². The summed E-state index contributed by atoms with van der Waals surface area (Å²) in [4.78, 5) is 9.54. The molecule has 4 aromatic heterocycles. The molecule has 0 amide bonds. The third kappa shape index (κ3) is 5.30. The van der Waals surface area contributed by atoms with E-state index in [1.165, 1.54) is 5.56 Å². The van der Waals surface area contributed by atoms with Gasteiger partial charge in [0.25, 0.3) is 0 Å². The molecular weight excluding hydrogens is 796 g/mol. The maximum absolute atomic E-state index is 6.92. The number of benzene rings is 5. The van der Waals surface area contributed by atoms with Crippen molar-refractivity contribution < 1.29 is 25.5 Å². The molecule has 0 fully saturated rings. The number of hydrogen-bond donors (Lipinski definition) is 0. The van der Waals surface area contributed by atoms with Crippen molar-refractivity contribution in [2.75, 3.05) is 0 Å². The van der Waals surface area contributed by atoms with Crippen molar-refractivity contribution in [1.82, 2.24) is 19.1 Å². The maximum Gasteiger partial charge on any atom is 2.00 e. The molecule has 5 nitrogen and oxygen atoms in total. The minimum absolute atomic E-state index is 0. The van der Waals surface area contributed by atoms with Crippen LogP contribution >= 0.6 is 0 Å². The second-order valence-corrected chi connectivity index (χ2v) is 13.4. The van der Waals surface area contributed by atoms with E-state index in [9.17, 15) is 0 Å². The number of rotatable bonds is 3. The molecule has 0 aliphatic heterocycles. The first-order valence-electron chi connectivity index (χ1n) is 16.5. The van der Waals surface area contributed by atoms with Gasteiger partial charge < -0.3 is 18.5 Å². The average molecular weight is 828 g/mol. The van der Waals surface area contributed by atoms with Crippen molar-refractivity contribution in [2.24, 2.45) is 0 Å². The zero-order valence-corrected chi connectivity index (χ0v) is 30.1. The second kappa shape index (κ2) is 12.4. The van der Waals surface area contributed by atoms with Gasteiger partial charge in [-0.2, -0.15) is 0 Å². The van der Waals surface area contributed by atoms with Crippen molar-refractivity contribution in [1.29, 1.82) is 0 Å². The normalized spacial score (nSPS) is 11.7. The zero-order valence-electron chi connectivity index (χ0n) is 27.8. The Kier molecular flexibility index (Phi) is 7.89. The Balaban J connectivity index is 0.00000361. The van der Waals surface area contributed by atoms with Crippen molar-refractivity contribution in [3.05, 3.63) is 157 Å². The molecule has 0 radical (unpaired) electrons. The van der Waals surface area contributed by atoms with Crippen LogP contribution in [0.3, 0.4) is 0 Å². The van der Waals surface area contributed by atoms with Gasteiger partial charge in [0.2, 0.25) is 0 Å². The van der Waals surface area contributed by atoms with Crippen LogP contribution in [0.1, 0.15) is 26.3 Å². The van der Waals surface area contributed by atoms with Gasteiger partial charge in [0.05, 0.1) is 5.52 Å². The molecule has 50 heavy (non-hydrogen) atoms. The van der Waals surface area contributed by atoms with Crippen LogP contribution in [0.2, 0.25) is 0 Å². The van der Waals surface area contributed by atoms with E-state index in [0.717, 1.165) is 72.0 Å². The fraction of sp³-hybridized carbons (Fsp3) is 0.0909. The van der Waals surface area contributed by atoms with E-state index in [1.54, 1.807) is 0 Å². The van der Waals surface area contributed by atoms with Gasteiger partial charge in [0.15, 0.2) is 0 Å². The van der Waals surface area contributed by atoms with Crippen molar-refractivity contribution in [3.8, 4) is 22.8 Å². The molecule has 0 N–H and O–H groups in total. The van der Waals surface area contributed by atoms with Crippen LogP contribution in [0.4, 0.5) is 0 Å². The summed E-state index contributed by atoms with van der Waals surface area (Å²) in [7, 11) is 0. The van der Waals surface area contributed by atoms with E-state index in [0.29, 0.717) is 5.58 Å². The first-order valence-corrected chi connectivity index (χ1v) is 16.5. The van der Waals surface area contributed by atoms with Gasteiger partial charge in [-0.05, 0) is 69.7 Å². The predicted octanol–water partition coefficient (Wildman–Crippen LogP) is 11.1. The molecule has 0 aliphatic carbocycles. The van der Waals surface area contributed by atoms with E-state index in [4.69, 9.17) is 9.40 Å². The minimum atomic E-state index is -0.0360. The third-order valence-electron chi connectivity index (χ3n) is 9.23. The van der Waals surface area contributed by atoms with Crippen LogP contribution in [0.15, 0.2) is 144 Å². The summed E-state index contributed by atoms with van der Waals surface area (Å²) in [5, 5.41) is 4.21. The SMILES string of the molecule is CC(C)(C)c1ccnc(-n2c3[c-]c4c(cc3c3ccccc32)oc2ccccc2c2ccccc2n4-c2[c-]c(-c3ccccn3)ccc2)c1.[Pt+2]. The van der Waals surface area contributed by atoms with Gasteiger partial charge in [0.1, 0.15) is 11.4 Å². The molecule has 0 saturated carbocycles. The van der Waals surface area contributed by atoms with E-state index in [-0.39, 0.29) is 26.5 Å². The topological polar surface area (TPSA) is 48.8 Å². The van der Waals surface area contributed by atoms with E-state index < -0.39 is 0 Å². The summed E-state index contributed by atoms with van der Waals surface area (Å²) in [6, 6.07) is 51.4. The Morgan fingerprint density at radius 1 is 0.560 bits per heavy atom. The molecule has 0 unspecified atom stereocenters. The average Bonchev–Trinajstić information content (AvgIpc) is 3.45. The Hall–Kier alpha value is -5.51. The maximum atomic E-state index is 6.92. The quantitative estimate of drug-likeness (QED) is 0.167. The molecule has 6 heteroatoms. The Bertz CT molecular complexity index is 2770. The molecular formula is C44H32N4OPt. The van der Waals surface area contributed by atoms with Crippen LogP contribution in [0.25, 0.3) is 77.5 Å². The number of nitrogens with zero attached hydrogens (tertiary/aromatic N) is 4. The zero-order chi connectivity index (χ0) is 33.1. The fourth-order valence-electron chi connectivity index (χ4n) is 6.82. The third-order valence-corrected chi connectivity index (χ3v) is 9.23. The fourth-order valence-corrected chi connectivity index (χ4v) is 6.82. The van der Waals surface area contributed by atoms with Crippen molar-refractivity contribution in [2.45, 2.75) is 26.2 Å². The summed E-state index contributed by atoms with van der Waals surface area (Å²) < 4.78 is 11.4. The number of pyridine rings is 2. The minimum Gasteiger partial charge on any atom is -0.514 e. The van der Waals surface area contributed by atoms with Gasteiger partial charge in [-0.1, -0.05) is 98.4 Å². The van der Waals surface area contributed by atoms with E-state index in [2.05, 4.69) is 138 Å². The number of para-hydroxylation sites is 3.